The van der Waals surface area contributed by atoms with Gasteiger partial charge in [0.25, 0.3) is 11.8 Å². The number of nitrogens with two attached hydrogens (primary N) is 1. The molecule has 0 bridgehead atoms. The first-order chi connectivity index (χ1) is 19.3. The molecule has 1 heterocycles. The molecule has 0 aliphatic carbocycles. The minimum Gasteiger partial charge on any atom is -0.353 e. The maximum Gasteiger partial charge on any atom is 0.312 e. The van der Waals surface area contributed by atoms with E-state index in [0.717, 1.165) is 11.2 Å². The maximum atomic E-state index is 13.1. The van der Waals surface area contributed by atoms with Gasteiger partial charge >= 0.3 is 6.03 Å². The first-order valence-electron chi connectivity index (χ1n) is 14.1. The highest BCUT2D eigenvalue weighted by Gasteiger charge is 2.29. The fourth-order valence-corrected chi connectivity index (χ4v) is 3.93. The minimum absolute atomic E-state index is 0.0547. The van der Waals surface area contributed by atoms with Crippen LogP contribution in [-0.4, -0.2) is 92.0 Å². The molecule has 0 radical (unpaired) electrons. The highest BCUT2D eigenvalue weighted by atomic mass is 16.2. The van der Waals surface area contributed by atoms with Crippen molar-refractivity contribution < 1.29 is 33.6 Å². The summed E-state index contributed by atoms with van der Waals surface area (Å²) in [4.78, 5) is 85.9. The summed E-state index contributed by atoms with van der Waals surface area (Å²) < 4.78 is 0. The van der Waals surface area contributed by atoms with E-state index >= 15 is 0 Å². The number of carbonyl (C=O) groups is 7. The normalized spacial score (nSPS) is 14.8. The summed E-state index contributed by atoms with van der Waals surface area (Å²) >= 11 is 0. The van der Waals surface area contributed by atoms with Crippen LogP contribution in [0.5, 0.6) is 0 Å². The lowest BCUT2D eigenvalue weighted by molar-refractivity contribution is -0.137. The van der Waals surface area contributed by atoms with Gasteiger partial charge in [0.05, 0.1) is 6.54 Å². The molecule has 0 aromatic carbocycles. The Bertz CT molecular complexity index is 971. The maximum absolute atomic E-state index is 13.1. The van der Waals surface area contributed by atoms with Crippen molar-refractivity contribution in [1.82, 2.24) is 31.5 Å². The third-order valence-corrected chi connectivity index (χ3v) is 6.50. The predicted octanol–water partition coefficient (Wildman–Crippen LogP) is -1.78. The van der Waals surface area contributed by atoms with Gasteiger partial charge in [0.15, 0.2) is 0 Å². The van der Waals surface area contributed by atoms with Crippen molar-refractivity contribution in [2.75, 3.05) is 19.6 Å². The van der Waals surface area contributed by atoms with Gasteiger partial charge in [-0.3, -0.25) is 33.7 Å². The van der Waals surface area contributed by atoms with Crippen molar-refractivity contribution in [2.45, 2.75) is 83.7 Å². The summed E-state index contributed by atoms with van der Waals surface area (Å²) in [6.07, 6.45) is 5.46. The van der Waals surface area contributed by atoms with Gasteiger partial charge in [-0.15, -0.1) is 0 Å². The molecule has 1 aliphatic rings. The lowest BCUT2D eigenvalue weighted by Crippen LogP contribution is -2.56. The van der Waals surface area contributed by atoms with Crippen LogP contribution in [0.3, 0.4) is 0 Å². The number of nitrogens with zero attached hydrogens (tertiary/aromatic N) is 1. The van der Waals surface area contributed by atoms with Crippen LogP contribution in [0.1, 0.15) is 59.3 Å². The number of hydrogen-bond donors (Lipinski definition) is 6. The second-order valence-corrected chi connectivity index (χ2v) is 10.4. The molecule has 1 rings (SSSR count). The van der Waals surface area contributed by atoms with Crippen LogP contribution in [-0.2, 0) is 28.8 Å². The van der Waals surface area contributed by atoms with Crippen molar-refractivity contribution >= 4 is 49.3 Å². The van der Waals surface area contributed by atoms with Gasteiger partial charge in [-0.25, -0.2) is 4.79 Å². The Balaban J connectivity index is 2.65. The van der Waals surface area contributed by atoms with Crippen LogP contribution >= 0.6 is 0 Å². The number of urea groups is 1. The van der Waals surface area contributed by atoms with Gasteiger partial charge in [-0.1, -0.05) is 26.6 Å². The van der Waals surface area contributed by atoms with Crippen molar-refractivity contribution in [3.8, 4) is 0 Å². The van der Waals surface area contributed by atoms with E-state index in [4.69, 9.17) is 5.73 Å². The Morgan fingerprint density at radius 2 is 1.51 bits per heavy atom. The molecule has 228 valence electrons. The molecule has 14 nitrogen and oxygen atoms in total. The molecule has 0 spiro atoms. The predicted molar refractivity (Wildman–Crippen MR) is 154 cm³/mol. The van der Waals surface area contributed by atoms with Crippen molar-refractivity contribution in [3.63, 3.8) is 0 Å². The summed E-state index contributed by atoms with van der Waals surface area (Å²) in [5, 5.41) is 13.1. The highest BCUT2D eigenvalue weighted by Crippen LogP contribution is 2.09. The molecule has 8 amide bonds. The Morgan fingerprint density at radius 3 is 2.10 bits per heavy atom. The number of imide groups is 1. The number of rotatable bonds is 19. The van der Waals surface area contributed by atoms with Crippen LogP contribution in [0.4, 0.5) is 4.79 Å². The molecule has 0 saturated heterocycles. The Kier molecular flexibility index (Phi) is 15.8. The minimum atomic E-state index is -1.02. The zero-order valence-corrected chi connectivity index (χ0v) is 24.4. The molecular formula is C26H44BN7O7. The lowest BCUT2D eigenvalue weighted by Gasteiger charge is -2.25. The Morgan fingerprint density at radius 1 is 0.854 bits per heavy atom. The second-order valence-electron chi connectivity index (χ2n) is 10.4. The van der Waals surface area contributed by atoms with E-state index in [1.165, 1.54) is 12.2 Å². The van der Waals surface area contributed by atoms with Gasteiger partial charge in [0.2, 0.25) is 23.6 Å². The summed E-state index contributed by atoms with van der Waals surface area (Å²) in [6.45, 7) is 5.55. The van der Waals surface area contributed by atoms with Gasteiger partial charge in [0.1, 0.15) is 19.9 Å². The first-order valence-corrected chi connectivity index (χ1v) is 14.1. The van der Waals surface area contributed by atoms with Crippen molar-refractivity contribution in [2.24, 2.45) is 11.7 Å². The van der Waals surface area contributed by atoms with Gasteiger partial charge in [0, 0.05) is 37.7 Å². The number of unbranched alkanes of at least 4 members (excludes halogenated alkanes) is 2. The molecule has 0 fully saturated rings. The van der Waals surface area contributed by atoms with Crippen LogP contribution in [0.15, 0.2) is 12.2 Å². The molecule has 7 N–H and O–H groups in total. The van der Waals surface area contributed by atoms with Crippen molar-refractivity contribution in [1.29, 1.82) is 0 Å². The third-order valence-electron chi connectivity index (χ3n) is 6.50. The molecule has 0 saturated carbocycles. The zero-order chi connectivity index (χ0) is 30.9. The van der Waals surface area contributed by atoms with Crippen LogP contribution in [0, 0.1) is 5.92 Å². The number of nitrogens with one attached hydrogen (secondary N) is 5. The van der Waals surface area contributed by atoms with E-state index in [2.05, 4.69) is 26.6 Å². The van der Waals surface area contributed by atoms with Crippen LogP contribution in [0.2, 0.25) is 6.32 Å². The average Bonchev–Trinajstić information content (AvgIpc) is 3.23. The van der Waals surface area contributed by atoms with Crippen molar-refractivity contribution in [3.05, 3.63) is 12.2 Å². The van der Waals surface area contributed by atoms with E-state index < -0.39 is 29.9 Å². The smallest absolute Gasteiger partial charge is 0.312 e. The standard InChI is InChI=1S/C26H44BN7O7/c1-16(2)23(33-19(35)9-5-4-6-13-34-21(37)10-11-22(34)38)25(40)32-18(8-7-12-29-26(28)41)24(39)30-15-20(36)31-17(3)14-27/h10-11,16-18,23H,4-9,12-15,27H2,1-3H3,(H,30,39)(H,31,36)(H,32,40)(H,33,35)(H3,28,29,41)/t17-,18-,23-/m0/s1. The van der Waals surface area contributed by atoms with E-state index in [-0.39, 0.29) is 68.1 Å². The fourth-order valence-electron chi connectivity index (χ4n) is 3.93. The monoisotopic (exact) mass is 577 g/mol. The van der Waals surface area contributed by atoms with E-state index in [0.29, 0.717) is 25.7 Å². The highest BCUT2D eigenvalue weighted by molar-refractivity contribution is 6.12. The summed E-state index contributed by atoms with van der Waals surface area (Å²) in [6, 6.07) is -2.70. The van der Waals surface area contributed by atoms with Gasteiger partial charge < -0.3 is 32.3 Å². The second kappa shape index (κ2) is 18.4. The Hall–Kier alpha value is -3.91. The largest absolute Gasteiger partial charge is 0.353 e. The lowest BCUT2D eigenvalue weighted by atomic mass is 9.99. The number of primary amides is 1. The van der Waals surface area contributed by atoms with Gasteiger partial charge in [-0.2, -0.15) is 0 Å². The summed E-state index contributed by atoms with van der Waals surface area (Å²) in [5.74, 6) is -2.82. The quantitative estimate of drug-likeness (QED) is 0.0590. The topological polar surface area (TPSA) is 209 Å². The molecule has 0 aromatic heterocycles. The molecule has 1 aliphatic heterocycles. The average molecular weight is 577 g/mol. The van der Waals surface area contributed by atoms with Gasteiger partial charge in [-0.05, 0) is 38.5 Å². The Labute approximate surface area is 241 Å². The molecule has 15 heteroatoms. The molecule has 0 unspecified atom stereocenters. The number of carbonyl (C=O) groups excluding carboxylic acids is 7. The van der Waals surface area contributed by atoms with Crippen LogP contribution < -0.4 is 32.3 Å². The fraction of sp³-hybridized carbons (Fsp3) is 0.654. The van der Waals surface area contributed by atoms with Crippen LogP contribution in [0.25, 0.3) is 0 Å². The summed E-state index contributed by atoms with van der Waals surface area (Å²) in [7, 11) is 1.92. The van der Waals surface area contributed by atoms with E-state index in [1.807, 2.05) is 14.8 Å². The molecular weight excluding hydrogens is 533 g/mol. The molecule has 41 heavy (non-hydrogen) atoms. The number of amides is 8. The van der Waals surface area contributed by atoms with E-state index in [9.17, 15) is 33.6 Å². The molecule has 0 aromatic rings. The third kappa shape index (κ3) is 13.8. The molecule has 3 atom stereocenters. The zero-order valence-electron chi connectivity index (χ0n) is 24.4. The first kappa shape index (κ1) is 35.1. The number of hydrogen-bond acceptors (Lipinski definition) is 7. The van der Waals surface area contributed by atoms with E-state index in [1.54, 1.807) is 13.8 Å². The SMILES string of the molecule is BC[C@H](C)NC(=O)CNC(=O)[C@H](CCCNC(N)=O)NC(=O)[C@@H](NC(=O)CCCCCN1C(=O)C=CC1=O)C(C)C. The summed E-state index contributed by atoms with van der Waals surface area (Å²) in [5.41, 5.74) is 5.08.